The lowest BCUT2D eigenvalue weighted by Crippen LogP contribution is -2.31. The highest BCUT2D eigenvalue weighted by atomic mass is 19.2. The molecule has 2 fully saturated rings. The zero-order valence-corrected chi connectivity index (χ0v) is 15.1. The van der Waals surface area contributed by atoms with Crippen LogP contribution in [0.1, 0.15) is 95.5 Å². The molecule has 0 radical (unpaired) electrons. The number of hydrogen-bond acceptors (Lipinski definition) is 0. The van der Waals surface area contributed by atoms with Gasteiger partial charge in [-0.25, -0.2) is 8.78 Å². The van der Waals surface area contributed by atoms with Crippen molar-refractivity contribution in [2.45, 2.75) is 89.9 Å². The Bertz CT molecular complexity index is 519. The van der Waals surface area contributed by atoms with Crippen LogP contribution in [0.2, 0.25) is 0 Å². The molecule has 0 atom stereocenters. The molecule has 24 heavy (non-hydrogen) atoms. The lowest BCUT2D eigenvalue weighted by atomic mass is 9.60. The Morgan fingerprint density at radius 3 is 2.21 bits per heavy atom. The summed E-state index contributed by atoms with van der Waals surface area (Å²) in [6, 6.07) is 4.49. The minimum atomic E-state index is -0.729. The first kappa shape index (κ1) is 17.9. The molecule has 1 aromatic rings. The fourth-order valence-electron chi connectivity index (χ4n) is 5.09. The summed E-state index contributed by atoms with van der Waals surface area (Å²) in [5, 5.41) is 0. The Morgan fingerprint density at radius 2 is 1.58 bits per heavy atom. The molecule has 0 heterocycles. The van der Waals surface area contributed by atoms with Gasteiger partial charge in [0.2, 0.25) is 0 Å². The van der Waals surface area contributed by atoms with E-state index in [0.29, 0.717) is 11.3 Å². The maximum Gasteiger partial charge on any atom is 0.159 e. The quantitative estimate of drug-likeness (QED) is 0.493. The van der Waals surface area contributed by atoms with Gasteiger partial charge in [0.1, 0.15) is 0 Å². The Labute approximate surface area is 146 Å². The van der Waals surface area contributed by atoms with Crippen LogP contribution >= 0.6 is 0 Å². The molecule has 2 heteroatoms. The van der Waals surface area contributed by atoms with Crippen LogP contribution in [-0.4, -0.2) is 0 Å². The van der Waals surface area contributed by atoms with Crippen LogP contribution in [0.3, 0.4) is 0 Å². The van der Waals surface area contributed by atoms with Gasteiger partial charge in [0.05, 0.1) is 0 Å². The highest BCUT2D eigenvalue weighted by molar-refractivity contribution is 5.22. The average molecular weight is 334 g/mol. The maximum atomic E-state index is 13.5. The number of rotatable bonds is 5. The van der Waals surface area contributed by atoms with Crippen LogP contribution in [0.15, 0.2) is 18.2 Å². The molecule has 2 aliphatic carbocycles. The van der Waals surface area contributed by atoms with Crippen molar-refractivity contribution in [3.63, 3.8) is 0 Å². The van der Waals surface area contributed by atoms with E-state index in [1.807, 2.05) is 0 Å². The zero-order valence-electron chi connectivity index (χ0n) is 15.1. The standard InChI is InChI=1S/C22H32F2/c1-2-3-4-5-17-8-12-22(13-9-17)14-10-18(11-15-22)19-6-7-20(23)21(24)16-19/h6-7,16-18H,2-5,8-15H2,1H3. The summed E-state index contributed by atoms with van der Waals surface area (Å²) in [5.41, 5.74) is 1.56. The first-order valence-corrected chi connectivity index (χ1v) is 10.1. The summed E-state index contributed by atoms with van der Waals surface area (Å²) in [4.78, 5) is 0. The van der Waals surface area contributed by atoms with Crippen LogP contribution in [-0.2, 0) is 0 Å². The minimum absolute atomic E-state index is 0.424. The largest absolute Gasteiger partial charge is 0.204 e. The highest BCUT2D eigenvalue weighted by Gasteiger charge is 2.38. The second-order valence-electron chi connectivity index (χ2n) is 8.39. The molecular weight excluding hydrogens is 302 g/mol. The third-order valence-electron chi connectivity index (χ3n) is 6.84. The van der Waals surface area contributed by atoms with Gasteiger partial charge in [0.15, 0.2) is 11.6 Å². The fourth-order valence-corrected chi connectivity index (χ4v) is 5.09. The molecule has 0 nitrogen and oxygen atoms in total. The van der Waals surface area contributed by atoms with E-state index in [9.17, 15) is 8.78 Å². The minimum Gasteiger partial charge on any atom is -0.204 e. The van der Waals surface area contributed by atoms with E-state index in [0.717, 1.165) is 24.3 Å². The van der Waals surface area contributed by atoms with Crippen molar-refractivity contribution in [2.75, 3.05) is 0 Å². The monoisotopic (exact) mass is 334 g/mol. The molecule has 0 aliphatic heterocycles. The van der Waals surface area contributed by atoms with Gasteiger partial charge in [0, 0.05) is 0 Å². The van der Waals surface area contributed by atoms with Crippen molar-refractivity contribution in [3.05, 3.63) is 35.4 Å². The molecule has 0 unspecified atom stereocenters. The topological polar surface area (TPSA) is 0 Å². The summed E-state index contributed by atoms with van der Waals surface area (Å²) in [6.07, 6.45) is 16.0. The van der Waals surface area contributed by atoms with Crippen molar-refractivity contribution < 1.29 is 8.78 Å². The van der Waals surface area contributed by atoms with E-state index in [1.54, 1.807) is 6.07 Å². The summed E-state index contributed by atoms with van der Waals surface area (Å²) in [6.45, 7) is 2.28. The van der Waals surface area contributed by atoms with E-state index in [2.05, 4.69) is 6.92 Å². The molecule has 1 spiro atoms. The van der Waals surface area contributed by atoms with Crippen LogP contribution < -0.4 is 0 Å². The predicted octanol–water partition coefficient (Wildman–Crippen LogP) is 7.38. The molecule has 2 aliphatic rings. The van der Waals surface area contributed by atoms with Gasteiger partial charge in [-0.1, -0.05) is 38.7 Å². The van der Waals surface area contributed by atoms with E-state index >= 15 is 0 Å². The third-order valence-corrected chi connectivity index (χ3v) is 6.84. The SMILES string of the molecule is CCCCCC1CCC2(CC1)CCC(c1ccc(F)c(F)c1)CC2. The lowest BCUT2D eigenvalue weighted by Gasteiger charge is -2.45. The van der Waals surface area contributed by atoms with Crippen molar-refractivity contribution in [1.29, 1.82) is 0 Å². The second kappa shape index (κ2) is 7.97. The van der Waals surface area contributed by atoms with Gasteiger partial charge >= 0.3 is 0 Å². The van der Waals surface area contributed by atoms with Crippen LogP contribution in [0, 0.1) is 23.0 Å². The predicted molar refractivity (Wildman–Crippen MR) is 96.1 cm³/mol. The van der Waals surface area contributed by atoms with Gasteiger partial charge in [0.25, 0.3) is 0 Å². The number of unbranched alkanes of at least 4 members (excludes halogenated alkanes) is 2. The molecule has 1 aromatic carbocycles. The van der Waals surface area contributed by atoms with E-state index in [-0.39, 0.29) is 0 Å². The van der Waals surface area contributed by atoms with Crippen molar-refractivity contribution >= 4 is 0 Å². The molecular formula is C22H32F2. The summed E-state index contributed by atoms with van der Waals surface area (Å²) in [5.74, 6) is -0.0353. The van der Waals surface area contributed by atoms with Crippen LogP contribution in [0.4, 0.5) is 8.78 Å². The molecule has 0 N–H and O–H groups in total. The molecule has 2 saturated carbocycles. The number of hydrogen-bond donors (Lipinski definition) is 0. The fraction of sp³-hybridized carbons (Fsp3) is 0.727. The van der Waals surface area contributed by atoms with Crippen LogP contribution in [0.5, 0.6) is 0 Å². The normalized spacial score (nSPS) is 30.6. The highest BCUT2D eigenvalue weighted by Crippen LogP contribution is 2.52. The average Bonchev–Trinajstić information content (AvgIpc) is 2.60. The van der Waals surface area contributed by atoms with Crippen molar-refractivity contribution in [3.8, 4) is 0 Å². The Kier molecular flexibility index (Phi) is 5.94. The zero-order chi connectivity index (χ0) is 17.0. The van der Waals surface area contributed by atoms with Gasteiger partial charge in [-0.05, 0) is 86.3 Å². The third kappa shape index (κ3) is 4.18. The Morgan fingerprint density at radius 1 is 0.917 bits per heavy atom. The first-order valence-electron chi connectivity index (χ1n) is 10.1. The van der Waals surface area contributed by atoms with E-state index < -0.39 is 11.6 Å². The van der Waals surface area contributed by atoms with Gasteiger partial charge in [-0.3, -0.25) is 0 Å². The van der Waals surface area contributed by atoms with Crippen molar-refractivity contribution in [1.82, 2.24) is 0 Å². The van der Waals surface area contributed by atoms with E-state index in [1.165, 1.54) is 76.3 Å². The second-order valence-corrected chi connectivity index (χ2v) is 8.39. The molecule has 0 amide bonds. The summed E-state index contributed by atoms with van der Waals surface area (Å²) in [7, 11) is 0. The molecule has 0 bridgehead atoms. The maximum absolute atomic E-state index is 13.5. The Hall–Kier alpha value is -0.920. The smallest absolute Gasteiger partial charge is 0.159 e. The van der Waals surface area contributed by atoms with Gasteiger partial charge in [-0.15, -0.1) is 0 Å². The molecule has 0 saturated heterocycles. The molecule has 134 valence electrons. The van der Waals surface area contributed by atoms with E-state index in [4.69, 9.17) is 0 Å². The molecule has 0 aromatic heterocycles. The lowest BCUT2D eigenvalue weighted by molar-refractivity contribution is 0.0860. The van der Waals surface area contributed by atoms with Crippen molar-refractivity contribution in [2.24, 2.45) is 11.3 Å². The number of benzene rings is 1. The van der Waals surface area contributed by atoms with Gasteiger partial charge in [-0.2, -0.15) is 0 Å². The number of halogens is 2. The first-order chi connectivity index (χ1) is 11.6. The van der Waals surface area contributed by atoms with Gasteiger partial charge < -0.3 is 0 Å². The molecule has 3 rings (SSSR count). The summed E-state index contributed by atoms with van der Waals surface area (Å²) >= 11 is 0. The summed E-state index contributed by atoms with van der Waals surface area (Å²) < 4.78 is 26.6. The Balaban J connectivity index is 1.49. The van der Waals surface area contributed by atoms with Crippen LogP contribution in [0.25, 0.3) is 0 Å².